The maximum absolute atomic E-state index is 14.3. The standard InChI is InChI=1S/C18H15FN4O/c19-15-4-2-1-3-12(15)17-13-5-6-16-14(11-21-22-16)18(13)23(9-10-24)8-7-20-17/h1-7,11,24H,8-10H2. The first-order valence-corrected chi connectivity index (χ1v) is 7.71. The predicted molar refractivity (Wildman–Crippen MR) is 91.5 cm³/mol. The Morgan fingerprint density at radius 2 is 2.04 bits per heavy atom. The summed E-state index contributed by atoms with van der Waals surface area (Å²) >= 11 is 0. The van der Waals surface area contributed by atoms with Crippen molar-refractivity contribution in [1.29, 1.82) is 0 Å². The number of aliphatic hydroxyl groups is 1. The van der Waals surface area contributed by atoms with Gasteiger partial charge in [0.1, 0.15) is 5.82 Å². The zero-order valence-corrected chi connectivity index (χ0v) is 12.9. The van der Waals surface area contributed by atoms with E-state index in [9.17, 15) is 9.50 Å². The van der Waals surface area contributed by atoms with Crippen LogP contribution in [0.1, 0.15) is 11.1 Å². The van der Waals surface area contributed by atoms with E-state index in [1.165, 1.54) is 6.07 Å². The summed E-state index contributed by atoms with van der Waals surface area (Å²) < 4.78 is 14.3. The summed E-state index contributed by atoms with van der Waals surface area (Å²) in [5.74, 6) is -0.315. The summed E-state index contributed by atoms with van der Waals surface area (Å²) in [5.41, 5.74) is 2.78. The summed E-state index contributed by atoms with van der Waals surface area (Å²) in [6.07, 6.45) is 3.44. The van der Waals surface area contributed by atoms with Gasteiger partial charge in [-0.25, -0.2) is 4.39 Å². The SMILES string of the molecule is OCCN1CC=NC(c2ccccc2F)=c2ccc3c(c21)C=NN=3. The summed E-state index contributed by atoms with van der Waals surface area (Å²) in [6.45, 7) is 0.990. The number of fused-ring (bicyclic) bond motifs is 3. The third kappa shape index (κ3) is 2.32. The molecule has 0 radical (unpaired) electrons. The van der Waals surface area contributed by atoms with Crippen LogP contribution >= 0.6 is 0 Å². The normalized spacial score (nSPS) is 15.1. The number of β-amino-alcohol motifs (C(OH)–C–C–N with tert-alkyl or cyclic N) is 1. The van der Waals surface area contributed by atoms with Crippen molar-refractivity contribution in [2.45, 2.75) is 0 Å². The van der Waals surface area contributed by atoms with E-state index in [0.29, 0.717) is 24.4 Å². The second-order valence-corrected chi connectivity index (χ2v) is 5.55. The first-order valence-electron chi connectivity index (χ1n) is 7.71. The molecule has 6 heteroatoms. The predicted octanol–water partition coefficient (Wildman–Crippen LogP) is 0.832. The van der Waals surface area contributed by atoms with Gasteiger partial charge in [0.25, 0.3) is 0 Å². The van der Waals surface area contributed by atoms with E-state index >= 15 is 0 Å². The van der Waals surface area contributed by atoms with Crippen molar-refractivity contribution in [2.24, 2.45) is 15.2 Å². The van der Waals surface area contributed by atoms with E-state index in [0.717, 1.165) is 21.8 Å². The largest absolute Gasteiger partial charge is 0.395 e. The van der Waals surface area contributed by atoms with Gasteiger partial charge in [0.15, 0.2) is 0 Å². The maximum atomic E-state index is 14.3. The van der Waals surface area contributed by atoms with Crippen molar-refractivity contribution in [1.82, 2.24) is 0 Å². The molecule has 2 aromatic carbocycles. The van der Waals surface area contributed by atoms with Gasteiger partial charge in [-0.2, -0.15) is 10.2 Å². The Morgan fingerprint density at radius 3 is 2.88 bits per heavy atom. The quantitative estimate of drug-likeness (QED) is 0.910. The van der Waals surface area contributed by atoms with Gasteiger partial charge in [-0.05, 0) is 24.3 Å². The van der Waals surface area contributed by atoms with Crippen LogP contribution in [0.2, 0.25) is 0 Å². The van der Waals surface area contributed by atoms with Crippen LogP contribution in [0.5, 0.6) is 0 Å². The summed E-state index contributed by atoms with van der Waals surface area (Å²) in [4.78, 5) is 6.52. The van der Waals surface area contributed by atoms with Crippen LogP contribution in [0.15, 0.2) is 51.6 Å². The molecule has 2 aliphatic heterocycles. The van der Waals surface area contributed by atoms with Crippen molar-refractivity contribution < 1.29 is 9.50 Å². The molecule has 0 bridgehead atoms. The topological polar surface area (TPSA) is 60.5 Å². The lowest BCUT2D eigenvalue weighted by Crippen LogP contribution is -2.34. The number of rotatable bonds is 3. The van der Waals surface area contributed by atoms with Crippen LogP contribution in [-0.2, 0) is 0 Å². The smallest absolute Gasteiger partial charge is 0.132 e. The number of aliphatic hydroxyl groups excluding tert-OH is 1. The molecule has 2 aromatic rings. The summed E-state index contributed by atoms with van der Waals surface area (Å²) in [6, 6.07) is 10.4. The number of hydrogen-bond donors (Lipinski definition) is 1. The van der Waals surface area contributed by atoms with Crippen molar-refractivity contribution in [3.05, 3.63) is 63.9 Å². The minimum atomic E-state index is -0.315. The Hall–Kier alpha value is -2.86. The van der Waals surface area contributed by atoms with E-state index in [1.54, 1.807) is 30.6 Å². The third-order valence-electron chi connectivity index (χ3n) is 4.14. The molecule has 0 aliphatic carbocycles. The van der Waals surface area contributed by atoms with Gasteiger partial charge >= 0.3 is 0 Å². The summed E-state index contributed by atoms with van der Waals surface area (Å²) in [5, 5.41) is 19.1. The monoisotopic (exact) mass is 322 g/mol. The second-order valence-electron chi connectivity index (χ2n) is 5.55. The molecule has 2 aliphatic rings. The fourth-order valence-electron chi connectivity index (χ4n) is 3.08. The third-order valence-corrected chi connectivity index (χ3v) is 4.14. The number of aliphatic imine (C=N–C) groups is 1. The molecule has 0 aromatic heterocycles. The van der Waals surface area contributed by atoms with Crippen LogP contribution in [-0.4, -0.2) is 37.2 Å². The van der Waals surface area contributed by atoms with Crippen molar-refractivity contribution in [3.8, 4) is 0 Å². The lowest BCUT2D eigenvalue weighted by molar-refractivity contribution is 0.303. The maximum Gasteiger partial charge on any atom is 0.132 e. The molecule has 24 heavy (non-hydrogen) atoms. The van der Waals surface area contributed by atoms with Crippen molar-refractivity contribution in [3.63, 3.8) is 0 Å². The zero-order chi connectivity index (χ0) is 16.5. The molecular formula is C18H15FN4O. The average Bonchev–Trinajstić information content (AvgIpc) is 3.00. The number of hydrogen-bond acceptors (Lipinski definition) is 5. The highest BCUT2D eigenvalue weighted by Gasteiger charge is 2.20. The molecule has 1 N–H and O–H groups in total. The lowest BCUT2D eigenvalue weighted by Gasteiger charge is -2.23. The van der Waals surface area contributed by atoms with Gasteiger partial charge in [-0.3, -0.25) is 4.99 Å². The van der Waals surface area contributed by atoms with Gasteiger partial charge < -0.3 is 10.0 Å². The lowest BCUT2D eigenvalue weighted by atomic mass is 10.0. The number of nitrogens with zero attached hydrogens (tertiary/aromatic N) is 4. The number of halogens is 1. The van der Waals surface area contributed by atoms with Gasteiger partial charge in [-0.1, -0.05) is 12.1 Å². The molecule has 120 valence electrons. The molecule has 0 fully saturated rings. The van der Waals surface area contributed by atoms with E-state index in [-0.39, 0.29) is 12.4 Å². The van der Waals surface area contributed by atoms with E-state index < -0.39 is 0 Å². The fourth-order valence-corrected chi connectivity index (χ4v) is 3.08. The molecular weight excluding hydrogens is 307 g/mol. The Balaban J connectivity index is 2.08. The van der Waals surface area contributed by atoms with E-state index in [4.69, 9.17) is 0 Å². The molecule has 4 rings (SSSR count). The highest BCUT2D eigenvalue weighted by Crippen LogP contribution is 2.22. The first kappa shape index (κ1) is 14.7. The summed E-state index contributed by atoms with van der Waals surface area (Å²) in [7, 11) is 0. The number of anilines is 1. The first-order chi connectivity index (χ1) is 11.8. The highest BCUT2D eigenvalue weighted by atomic mass is 19.1. The second kappa shape index (κ2) is 5.98. The molecule has 0 unspecified atom stereocenters. The van der Waals surface area contributed by atoms with Crippen molar-refractivity contribution >= 4 is 23.8 Å². The van der Waals surface area contributed by atoms with Crippen LogP contribution in [0.25, 0.3) is 5.70 Å². The minimum absolute atomic E-state index is 0.0142. The van der Waals surface area contributed by atoms with Gasteiger partial charge in [0.05, 0.1) is 36.1 Å². The fraction of sp³-hybridized carbons (Fsp3) is 0.167. The molecule has 5 nitrogen and oxygen atoms in total. The molecule has 0 spiro atoms. The minimum Gasteiger partial charge on any atom is -0.395 e. The Morgan fingerprint density at radius 1 is 1.17 bits per heavy atom. The van der Waals surface area contributed by atoms with Crippen molar-refractivity contribution in [2.75, 3.05) is 24.6 Å². The molecule has 0 saturated heterocycles. The van der Waals surface area contributed by atoms with Gasteiger partial charge in [0.2, 0.25) is 0 Å². The van der Waals surface area contributed by atoms with Crippen LogP contribution in [0.4, 0.5) is 10.1 Å². The average molecular weight is 322 g/mol. The van der Waals surface area contributed by atoms with E-state index in [2.05, 4.69) is 15.2 Å². The van der Waals surface area contributed by atoms with E-state index in [1.807, 2.05) is 17.0 Å². The Labute approximate surface area is 137 Å². The highest BCUT2D eigenvalue weighted by molar-refractivity contribution is 5.92. The Bertz CT molecular complexity index is 981. The molecule has 2 heterocycles. The molecule has 0 amide bonds. The zero-order valence-electron chi connectivity index (χ0n) is 12.9. The van der Waals surface area contributed by atoms with Crippen LogP contribution in [0.3, 0.4) is 0 Å². The molecule has 0 atom stereocenters. The molecule has 0 saturated carbocycles. The number of benzene rings is 2. The van der Waals surface area contributed by atoms with Gasteiger partial charge in [0, 0.05) is 29.1 Å². The van der Waals surface area contributed by atoms with Crippen LogP contribution in [0, 0.1) is 5.82 Å². The van der Waals surface area contributed by atoms with Gasteiger partial charge in [-0.15, -0.1) is 0 Å². The van der Waals surface area contributed by atoms with Crippen LogP contribution < -0.4 is 15.5 Å². The Kier molecular flexibility index (Phi) is 3.66.